The molecule has 0 aliphatic carbocycles. The molecule has 1 aromatic heterocycles. The van der Waals surface area contributed by atoms with Gasteiger partial charge in [-0.25, -0.2) is 9.97 Å². The van der Waals surface area contributed by atoms with Crippen LogP contribution in [-0.2, 0) is 6.54 Å². The quantitative estimate of drug-likeness (QED) is 0.698. The number of hydrogen-bond acceptors (Lipinski definition) is 5. The summed E-state index contributed by atoms with van der Waals surface area (Å²) in [7, 11) is 1.62. The summed E-state index contributed by atoms with van der Waals surface area (Å²) in [5.41, 5.74) is 4.47. The van der Waals surface area contributed by atoms with Crippen molar-refractivity contribution >= 4 is 17.5 Å². The summed E-state index contributed by atoms with van der Waals surface area (Å²) in [6, 6.07) is 15.2. The van der Waals surface area contributed by atoms with Crippen LogP contribution in [0, 0.1) is 13.8 Å². The van der Waals surface area contributed by atoms with Crippen LogP contribution in [0.25, 0.3) is 0 Å². The molecule has 0 aliphatic heterocycles. The number of anilines is 2. The van der Waals surface area contributed by atoms with Crippen molar-refractivity contribution < 1.29 is 9.53 Å². The lowest BCUT2D eigenvalue weighted by Crippen LogP contribution is -2.24. The van der Waals surface area contributed by atoms with Gasteiger partial charge in [-0.05, 0) is 60.9 Å². The van der Waals surface area contributed by atoms with E-state index in [1.54, 1.807) is 19.4 Å². The molecule has 2 aromatic carbocycles. The minimum atomic E-state index is -0.253. The minimum Gasteiger partial charge on any atom is -0.497 e. The van der Waals surface area contributed by atoms with E-state index in [1.165, 1.54) is 0 Å². The summed E-state index contributed by atoms with van der Waals surface area (Å²) in [5.74, 6) is 0.914. The van der Waals surface area contributed by atoms with Crippen molar-refractivity contribution in [2.75, 3.05) is 12.4 Å². The molecule has 0 saturated heterocycles. The lowest BCUT2D eigenvalue weighted by Gasteiger charge is -2.09. The maximum absolute atomic E-state index is 12.4. The van der Waals surface area contributed by atoms with E-state index in [4.69, 9.17) is 4.74 Å². The predicted molar refractivity (Wildman–Crippen MR) is 105 cm³/mol. The van der Waals surface area contributed by atoms with Crippen molar-refractivity contribution in [3.05, 3.63) is 77.1 Å². The topological polar surface area (TPSA) is 76.1 Å². The van der Waals surface area contributed by atoms with E-state index in [-0.39, 0.29) is 5.91 Å². The maximum Gasteiger partial charge on any atom is 0.270 e. The van der Waals surface area contributed by atoms with Crippen molar-refractivity contribution in [1.29, 1.82) is 0 Å². The standard InChI is InChI=1S/C21H22N4O2/c1-14-10-15(2)12-17(11-14)24-21-22-9-8-19(25-21)20(26)23-13-16-4-6-18(27-3)7-5-16/h4-12H,13H2,1-3H3,(H,23,26)(H,22,24,25). The third-order valence-electron chi connectivity index (χ3n) is 3.98. The number of carbonyl (C=O) groups excluding carboxylic acids is 1. The maximum atomic E-state index is 12.4. The summed E-state index contributed by atoms with van der Waals surface area (Å²) in [6.07, 6.45) is 1.57. The molecule has 0 unspecified atom stereocenters. The summed E-state index contributed by atoms with van der Waals surface area (Å²) >= 11 is 0. The third kappa shape index (κ3) is 5.04. The van der Waals surface area contributed by atoms with E-state index in [0.29, 0.717) is 18.2 Å². The molecule has 3 aromatic rings. The summed E-state index contributed by atoms with van der Waals surface area (Å²) in [4.78, 5) is 20.9. The Morgan fingerprint density at radius 2 is 1.74 bits per heavy atom. The van der Waals surface area contributed by atoms with Gasteiger partial charge in [-0.1, -0.05) is 18.2 Å². The van der Waals surface area contributed by atoms with Crippen LogP contribution in [-0.4, -0.2) is 23.0 Å². The number of nitrogens with one attached hydrogen (secondary N) is 2. The SMILES string of the molecule is COc1ccc(CNC(=O)c2ccnc(Nc3cc(C)cc(C)c3)n2)cc1. The lowest BCUT2D eigenvalue weighted by atomic mass is 10.1. The van der Waals surface area contributed by atoms with E-state index < -0.39 is 0 Å². The van der Waals surface area contributed by atoms with Crippen molar-refractivity contribution in [1.82, 2.24) is 15.3 Å². The average molecular weight is 362 g/mol. The van der Waals surface area contributed by atoms with Gasteiger partial charge < -0.3 is 15.4 Å². The Hall–Kier alpha value is -3.41. The first-order chi connectivity index (χ1) is 13.0. The van der Waals surface area contributed by atoms with E-state index in [0.717, 1.165) is 28.1 Å². The Labute approximate surface area is 158 Å². The number of rotatable bonds is 6. The van der Waals surface area contributed by atoms with Crippen LogP contribution in [0.1, 0.15) is 27.2 Å². The second-order valence-electron chi connectivity index (χ2n) is 6.30. The Kier molecular flexibility index (Phi) is 5.66. The van der Waals surface area contributed by atoms with Crippen molar-refractivity contribution in [2.24, 2.45) is 0 Å². The number of methoxy groups -OCH3 is 1. The zero-order valence-electron chi connectivity index (χ0n) is 15.6. The van der Waals surface area contributed by atoms with Crippen LogP contribution in [0.4, 0.5) is 11.6 Å². The smallest absolute Gasteiger partial charge is 0.270 e. The largest absolute Gasteiger partial charge is 0.497 e. The van der Waals surface area contributed by atoms with Crippen molar-refractivity contribution in [3.8, 4) is 5.75 Å². The highest BCUT2D eigenvalue weighted by atomic mass is 16.5. The second-order valence-corrected chi connectivity index (χ2v) is 6.30. The monoisotopic (exact) mass is 362 g/mol. The molecule has 0 fully saturated rings. The molecule has 0 spiro atoms. The molecular weight excluding hydrogens is 340 g/mol. The summed E-state index contributed by atoms with van der Waals surface area (Å²) in [6.45, 7) is 4.47. The molecule has 1 amide bonds. The van der Waals surface area contributed by atoms with E-state index in [2.05, 4.69) is 26.7 Å². The number of nitrogens with zero attached hydrogens (tertiary/aromatic N) is 2. The number of aromatic nitrogens is 2. The number of benzene rings is 2. The molecule has 138 valence electrons. The molecule has 0 atom stereocenters. The number of carbonyl (C=O) groups is 1. The Bertz CT molecular complexity index is 919. The Balaban J connectivity index is 1.65. The number of ether oxygens (including phenoxy) is 1. The molecule has 0 aliphatic rings. The lowest BCUT2D eigenvalue weighted by molar-refractivity contribution is 0.0946. The van der Waals surface area contributed by atoms with Gasteiger partial charge in [0.05, 0.1) is 7.11 Å². The highest BCUT2D eigenvalue weighted by molar-refractivity contribution is 5.92. The van der Waals surface area contributed by atoms with Gasteiger partial charge in [0, 0.05) is 18.4 Å². The summed E-state index contributed by atoms with van der Waals surface area (Å²) < 4.78 is 5.13. The molecule has 6 heteroatoms. The molecule has 1 heterocycles. The molecule has 27 heavy (non-hydrogen) atoms. The van der Waals surface area contributed by atoms with E-state index >= 15 is 0 Å². The first kappa shape index (κ1) is 18.4. The van der Waals surface area contributed by atoms with Gasteiger partial charge in [0.1, 0.15) is 11.4 Å². The molecule has 2 N–H and O–H groups in total. The van der Waals surface area contributed by atoms with Crippen LogP contribution >= 0.6 is 0 Å². The Morgan fingerprint density at radius 1 is 1.04 bits per heavy atom. The van der Waals surface area contributed by atoms with Gasteiger partial charge in [-0.2, -0.15) is 0 Å². The van der Waals surface area contributed by atoms with E-state index in [9.17, 15) is 4.79 Å². The minimum absolute atomic E-state index is 0.253. The fourth-order valence-electron chi connectivity index (χ4n) is 2.74. The van der Waals surface area contributed by atoms with Crippen LogP contribution < -0.4 is 15.4 Å². The Morgan fingerprint density at radius 3 is 2.41 bits per heavy atom. The molecule has 3 rings (SSSR count). The van der Waals surface area contributed by atoms with Gasteiger partial charge in [-0.15, -0.1) is 0 Å². The first-order valence-electron chi connectivity index (χ1n) is 8.63. The molecular formula is C21H22N4O2. The van der Waals surface area contributed by atoms with Crippen LogP contribution in [0.15, 0.2) is 54.7 Å². The summed E-state index contributed by atoms with van der Waals surface area (Å²) in [5, 5.41) is 6.02. The second kappa shape index (κ2) is 8.31. The molecule has 6 nitrogen and oxygen atoms in total. The third-order valence-corrected chi connectivity index (χ3v) is 3.98. The van der Waals surface area contributed by atoms with Gasteiger partial charge in [0.2, 0.25) is 5.95 Å². The zero-order chi connectivity index (χ0) is 19.2. The van der Waals surface area contributed by atoms with Gasteiger partial charge in [0.25, 0.3) is 5.91 Å². The molecule has 0 saturated carbocycles. The normalized spacial score (nSPS) is 10.3. The molecule has 0 radical (unpaired) electrons. The van der Waals surface area contributed by atoms with Gasteiger partial charge in [0.15, 0.2) is 0 Å². The highest BCUT2D eigenvalue weighted by Gasteiger charge is 2.09. The average Bonchev–Trinajstić information content (AvgIpc) is 2.66. The molecule has 0 bridgehead atoms. The van der Waals surface area contributed by atoms with Gasteiger partial charge >= 0.3 is 0 Å². The fraction of sp³-hybridized carbons (Fsp3) is 0.190. The van der Waals surface area contributed by atoms with Crippen LogP contribution in [0.2, 0.25) is 0 Å². The van der Waals surface area contributed by atoms with Crippen LogP contribution in [0.3, 0.4) is 0 Å². The fourth-order valence-corrected chi connectivity index (χ4v) is 2.74. The van der Waals surface area contributed by atoms with Crippen LogP contribution in [0.5, 0.6) is 5.75 Å². The van der Waals surface area contributed by atoms with Crippen molar-refractivity contribution in [3.63, 3.8) is 0 Å². The predicted octanol–water partition coefficient (Wildman–Crippen LogP) is 3.78. The zero-order valence-corrected chi connectivity index (χ0v) is 15.6. The number of aryl methyl sites for hydroxylation is 2. The number of hydrogen-bond donors (Lipinski definition) is 2. The highest BCUT2D eigenvalue weighted by Crippen LogP contribution is 2.17. The number of amides is 1. The first-order valence-corrected chi connectivity index (χ1v) is 8.63. The van der Waals surface area contributed by atoms with Gasteiger partial charge in [-0.3, -0.25) is 4.79 Å². The van der Waals surface area contributed by atoms with E-state index in [1.807, 2.05) is 50.2 Å². The van der Waals surface area contributed by atoms with Crippen molar-refractivity contribution in [2.45, 2.75) is 20.4 Å².